The molecular weight excluding hydrogens is 350 g/mol. The first-order valence-corrected chi connectivity index (χ1v) is 9.81. The first kappa shape index (κ1) is 16.1. The van der Waals surface area contributed by atoms with Crippen LogP contribution in [0.4, 0.5) is 0 Å². The number of thiazole rings is 1. The van der Waals surface area contributed by atoms with Crippen LogP contribution in [0.5, 0.6) is 0 Å². The fraction of sp³-hybridized carbons (Fsp3) is 0.105. The maximum absolute atomic E-state index is 12.9. The summed E-state index contributed by atoms with van der Waals surface area (Å²) in [6, 6.07) is 16.0. The second kappa shape index (κ2) is 6.46. The van der Waals surface area contributed by atoms with Gasteiger partial charge in [0.1, 0.15) is 0 Å². The SMILES string of the molecule is CSc1ccc(/C=c2/sc3nnc(-c4ccccc4C)n3c2=O)cc1. The molecule has 0 radical (unpaired) electrons. The Morgan fingerprint density at radius 3 is 2.56 bits per heavy atom. The summed E-state index contributed by atoms with van der Waals surface area (Å²) >= 11 is 3.06. The average molecular weight is 365 g/mol. The first-order chi connectivity index (χ1) is 12.2. The fourth-order valence-corrected chi connectivity index (χ4v) is 4.03. The van der Waals surface area contributed by atoms with Crippen molar-refractivity contribution in [3.8, 4) is 11.4 Å². The monoisotopic (exact) mass is 365 g/mol. The molecule has 0 saturated carbocycles. The van der Waals surface area contributed by atoms with E-state index in [2.05, 4.69) is 22.3 Å². The van der Waals surface area contributed by atoms with Crippen LogP contribution in [0.3, 0.4) is 0 Å². The highest BCUT2D eigenvalue weighted by Crippen LogP contribution is 2.21. The van der Waals surface area contributed by atoms with Crippen LogP contribution in [-0.4, -0.2) is 20.9 Å². The lowest BCUT2D eigenvalue weighted by Gasteiger charge is -2.01. The molecule has 0 spiro atoms. The molecule has 0 amide bonds. The van der Waals surface area contributed by atoms with Crippen LogP contribution in [0.2, 0.25) is 0 Å². The molecule has 0 aliphatic heterocycles. The van der Waals surface area contributed by atoms with E-state index in [0.29, 0.717) is 15.3 Å². The Morgan fingerprint density at radius 2 is 1.84 bits per heavy atom. The van der Waals surface area contributed by atoms with Gasteiger partial charge in [-0.25, -0.2) is 4.40 Å². The first-order valence-electron chi connectivity index (χ1n) is 7.77. The quantitative estimate of drug-likeness (QED) is 0.522. The van der Waals surface area contributed by atoms with E-state index in [1.54, 1.807) is 16.2 Å². The smallest absolute Gasteiger partial charge is 0.267 e. The van der Waals surface area contributed by atoms with Crippen LogP contribution in [0.25, 0.3) is 22.4 Å². The molecule has 0 unspecified atom stereocenters. The zero-order valence-corrected chi connectivity index (χ0v) is 15.4. The highest BCUT2D eigenvalue weighted by atomic mass is 32.2. The van der Waals surface area contributed by atoms with Crippen LogP contribution in [-0.2, 0) is 0 Å². The van der Waals surface area contributed by atoms with E-state index in [0.717, 1.165) is 16.7 Å². The zero-order chi connectivity index (χ0) is 17.4. The van der Waals surface area contributed by atoms with Gasteiger partial charge in [0.05, 0.1) is 4.53 Å². The molecule has 0 bridgehead atoms. The third-order valence-electron chi connectivity index (χ3n) is 4.05. The van der Waals surface area contributed by atoms with Gasteiger partial charge in [-0.15, -0.1) is 22.0 Å². The molecule has 0 N–H and O–H groups in total. The van der Waals surface area contributed by atoms with E-state index in [4.69, 9.17) is 0 Å². The lowest BCUT2D eigenvalue weighted by atomic mass is 10.1. The van der Waals surface area contributed by atoms with Crippen molar-refractivity contribution < 1.29 is 0 Å². The van der Waals surface area contributed by atoms with Crippen LogP contribution in [0.15, 0.2) is 58.2 Å². The van der Waals surface area contributed by atoms with Crippen LogP contribution >= 0.6 is 23.1 Å². The highest BCUT2D eigenvalue weighted by Gasteiger charge is 2.15. The maximum Gasteiger partial charge on any atom is 0.276 e. The zero-order valence-electron chi connectivity index (χ0n) is 13.8. The minimum absolute atomic E-state index is 0.0720. The molecule has 0 atom stereocenters. The van der Waals surface area contributed by atoms with Crippen molar-refractivity contribution in [1.82, 2.24) is 14.6 Å². The van der Waals surface area contributed by atoms with Gasteiger partial charge in [0.2, 0.25) is 4.96 Å². The molecule has 4 nitrogen and oxygen atoms in total. The third kappa shape index (κ3) is 2.88. The maximum atomic E-state index is 12.9. The summed E-state index contributed by atoms with van der Waals surface area (Å²) in [7, 11) is 0. The number of hydrogen-bond donors (Lipinski definition) is 0. The largest absolute Gasteiger partial charge is 0.276 e. The molecule has 2 aromatic carbocycles. The molecule has 4 aromatic rings. The molecule has 6 heteroatoms. The second-order valence-electron chi connectivity index (χ2n) is 5.65. The Labute approximate surface area is 152 Å². The third-order valence-corrected chi connectivity index (χ3v) is 5.75. The van der Waals surface area contributed by atoms with Gasteiger partial charge in [-0.05, 0) is 42.5 Å². The number of aromatic nitrogens is 3. The summed E-state index contributed by atoms with van der Waals surface area (Å²) in [6.07, 6.45) is 3.95. The molecule has 0 saturated heterocycles. The Bertz CT molecular complexity index is 1160. The minimum Gasteiger partial charge on any atom is -0.267 e. The van der Waals surface area contributed by atoms with E-state index < -0.39 is 0 Å². The van der Waals surface area contributed by atoms with E-state index in [1.807, 2.05) is 55.7 Å². The van der Waals surface area contributed by atoms with E-state index >= 15 is 0 Å². The Kier molecular flexibility index (Phi) is 4.15. The molecule has 25 heavy (non-hydrogen) atoms. The molecule has 0 aliphatic carbocycles. The van der Waals surface area contributed by atoms with Crippen molar-refractivity contribution in [2.75, 3.05) is 6.26 Å². The van der Waals surface area contributed by atoms with Gasteiger partial charge in [-0.1, -0.05) is 47.7 Å². The number of benzene rings is 2. The molecule has 124 valence electrons. The Morgan fingerprint density at radius 1 is 1.08 bits per heavy atom. The van der Waals surface area contributed by atoms with Crippen molar-refractivity contribution in [1.29, 1.82) is 0 Å². The van der Waals surface area contributed by atoms with Crippen molar-refractivity contribution in [3.05, 3.63) is 74.5 Å². The van der Waals surface area contributed by atoms with Gasteiger partial charge in [0.25, 0.3) is 5.56 Å². The second-order valence-corrected chi connectivity index (χ2v) is 7.53. The minimum atomic E-state index is -0.0720. The van der Waals surface area contributed by atoms with E-state index in [9.17, 15) is 4.79 Å². The highest BCUT2D eigenvalue weighted by molar-refractivity contribution is 7.98. The van der Waals surface area contributed by atoms with Crippen molar-refractivity contribution >= 4 is 34.1 Å². The molecule has 4 rings (SSSR count). The predicted octanol–water partition coefficient (Wildman–Crippen LogP) is 3.40. The van der Waals surface area contributed by atoms with Crippen molar-refractivity contribution in [2.24, 2.45) is 0 Å². The van der Waals surface area contributed by atoms with Gasteiger partial charge in [-0.2, -0.15) is 0 Å². The lowest BCUT2D eigenvalue weighted by Crippen LogP contribution is -2.23. The number of thioether (sulfide) groups is 1. The van der Waals surface area contributed by atoms with Crippen LogP contribution < -0.4 is 10.1 Å². The van der Waals surface area contributed by atoms with Crippen molar-refractivity contribution in [2.45, 2.75) is 11.8 Å². The normalized spacial score (nSPS) is 12.2. The summed E-state index contributed by atoms with van der Waals surface area (Å²) in [6.45, 7) is 2.01. The summed E-state index contributed by atoms with van der Waals surface area (Å²) in [5.74, 6) is 0.603. The van der Waals surface area contributed by atoms with Gasteiger partial charge < -0.3 is 0 Å². The average Bonchev–Trinajstić information content (AvgIpc) is 3.17. The summed E-state index contributed by atoms with van der Waals surface area (Å²) in [5, 5.41) is 8.42. The Hall–Kier alpha value is -2.44. The molecule has 2 heterocycles. The predicted molar refractivity (Wildman–Crippen MR) is 104 cm³/mol. The van der Waals surface area contributed by atoms with Gasteiger partial charge in [0.15, 0.2) is 5.82 Å². The summed E-state index contributed by atoms with van der Waals surface area (Å²) < 4.78 is 2.27. The van der Waals surface area contributed by atoms with Gasteiger partial charge >= 0.3 is 0 Å². The topological polar surface area (TPSA) is 47.3 Å². The standard InChI is InChI=1S/C19H15N3OS2/c1-12-5-3-4-6-15(12)17-20-21-19-22(17)18(23)16(25-19)11-13-7-9-14(24-2)10-8-13/h3-11H,1-2H3/b16-11+. The number of fused-ring (bicyclic) bond motifs is 1. The number of aryl methyl sites for hydroxylation is 1. The summed E-state index contributed by atoms with van der Waals surface area (Å²) in [4.78, 5) is 14.7. The molecule has 2 aromatic heterocycles. The number of nitrogens with zero attached hydrogens (tertiary/aromatic N) is 3. The van der Waals surface area contributed by atoms with E-state index in [1.165, 1.54) is 16.2 Å². The fourth-order valence-electron chi connectivity index (χ4n) is 2.71. The number of hydrogen-bond acceptors (Lipinski definition) is 5. The Balaban J connectivity index is 1.88. The molecular formula is C19H15N3OS2. The van der Waals surface area contributed by atoms with E-state index in [-0.39, 0.29) is 5.56 Å². The van der Waals surface area contributed by atoms with Crippen molar-refractivity contribution in [3.63, 3.8) is 0 Å². The van der Waals surface area contributed by atoms with Gasteiger partial charge in [0, 0.05) is 10.5 Å². The van der Waals surface area contributed by atoms with Crippen LogP contribution in [0.1, 0.15) is 11.1 Å². The van der Waals surface area contributed by atoms with Gasteiger partial charge in [-0.3, -0.25) is 4.79 Å². The molecule has 0 fully saturated rings. The lowest BCUT2D eigenvalue weighted by molar-refractivity contribution is 1.09. The summed E-state index contributed by atoms with van der Waals surface area (Å²) in [5.41, 5.74) is 2.93. The van der Waals surface area contributed by atoms with Crippen LogP contribution in [0, 0.1) is 6.92 Å². The number of rotatable bonds is 3. The molecule has 0 aliphatic rings.